The standard InChI is InChI=1S/C17H27N5O3/c1-20-5-2-6-21(8-7-20)9-13-10-22(11-14(13)12-23)17(25)15-3-4-16(24)19-18-15/h3-4,13-14,23H,2,5-12H2,1H3,(H,19,24)/t13-,14-/m1/s1. The molecule has 8 heteroatoms. The maximum Gasteiger partial charge on any atom is 0.274 e. The van der Waals surface area contributed by atoms with Crippen LogP contribution >= 0.6 is 0 Å². The molecule has 2 fully saturated rings. The minimum absolute atomic E-state index is 0.0846. The zero-order valence-electron chi connectivity index (χ0n) is 14.7. The SMILES string of the molecule is CN1CCCN(C[C@@H]2CN(C(=O)c3ccc(=O)[nH]n3)C[C@@H]2CO)CC1. The number of nitrogens with one attached hydrogen (secondary N) is 1. The van der Waals surface area contributed by atoms with Gasteiger partial charge in [0.05, 0.1) is 0 Å². The molecule has 2 saturated heterocycles. The van der Waals surface area contributed by atoms with E-state index >= 15 is 0 Å². The zero-order chi connectivity index (χ0) is 17.8. The predicted molar refractivity (Wildman–Crippen MR) is 93.4 cm³/mol. The number of likely N-dealkylation sites (N-methyl/N-ethyl adjacent to an activating group) is 1. The van der Waals surface area contributed by atoms with Crippen LogP contribution < -0.4 is 5.56 Å². The first-order chi connectivity index (χ1) is 12.1. The Kier molecular flexibility index (Phi) is 5.82. The van der Waals surface area contributed by atoms with Gasteiger partial charge in [-0.05, 0) is 38.5 Å². The van der Waals surface area contributed by atoms with Crippen molar-refractivity contribution in [1.29, 1.82) is 0 Å². The van der Waals surface area contributed by atoms with Gasteiger partial charge in [-0.15, -0.1) is 0 Å². The highest BCUT2D eigenvalue weighted by Gasteiger charge is 2.36. The number of carbonyl (C=O) groups excluding carboxylic acids is 1. The van der Waals surface area contributed by atoms with Crippen LogP contribution in [0.15, 0.2) is 16.9 Å². The molecule has 8 nitrogen and oxygen atoms in total. The van der Waals surface area contributed by atoms with E-state index in [0.29, 0.717) is 13.1 Å². The van der Waals surface area contributed by atoms with Crippen molar-refractivity contribution in [3.8, 4) is 0 Å². The Morgan fingerprint density at radius 1 is 1.24 bits per heavy atom. The van der Waals surface area contributed by atoms with E-state index < -0.39 is 0 Å². The first-order valence-electron chi connectivity index (χ1n) is 8.93. The summed E-state index contributed by atoms with van der Waals surface area (Å²) in [5.74, 6) is 0.167. The Morgan fingerprint density at radius 3 is 2.76 bits per heavy atom. The van der Waals surface area contributed by atoms with Crippen molar-refractivity contribution in [3.63, 3.8) is 0 Å². The number of rotatable bonds is 4. The van der Waals surface area contributed by atoms with Crippen LogP contribution in [0, 0.1) is 11.8 Å². The van der Waals surface area contributed by atoms with Gasteiger partial charge in [0, 0.05) is 51.3 Å². The van der Waals surface area contributed by atoms with Crippen LogP contribution in [0.25, 0.3) is 0 Å². The number of aliphatic hydroxyl groups is 1. The second-order valence-corrected chi connectivity index (χ2v) is 7.18. The van der Waals surface area contributed by atoms with Gasteiger partial charge < -0.3 is 19.8 Å². The van der Waals surface area contributed by atoms with Crippen LogP contribution in [0.3, 0.4) is 0 Å². The second kappa shape index (κ2) is 8.07. The molecule has 3 heterocycles. The number of aliphatic hydroxyl groups excluding tert-OH is 1. The van der Waals surface area contributed by atoms with E-state index in [9.17, 15) is 14.7 Å². The molecule has 0 bridgehead atoms. The van der Waals surface area contributed by atoms with Gasteiger partial charge >= 0.3 is 0 Å². The van der Waals surface area contributed by atoms with Gasteiger partial charge in [0.25, 0.3) is 11.5 Å². The lowest BCUT2D eigenvalue weighted by Gasteiger charge is -2.26. The van der Waals surface area contributed by atoms with Crippen molar-refractivity contribution in [1.82, 2.24) is 24.9 Å². The molecule has 0 radical (unpaired) electrons. The lowest BCUT2D eigenvalue weighted by atomic mass is 9.96. The van der Waals surface area contributed by atoms with Crippen molar-refractivity contribution in [2.75, 3.05) is 59.5 Å². The van der Waals surface area contributed by atoms with Crippen LogP contribution in [0.5, 0.6) is 0 Å². The zero-order valence-corrected chi connectivity index (χ0v) is 14.7. The van der Waals surface area contributed by atoms with E-state index in [-0.39, 0.29) is 35.6 Å². The molecule has 2 atom stereocenters. The normalized spacial score (nSPS) is 25.9. The van der Waals surface area contributed by atoms with Crippen molar-refractivity contribution in [2.45, 2.75) is 6.42 Å². The number of aromatic amines is 1. The van der Waals surface area contributed by atoms with Gasteiger partial charge in [0.15, 0.2) is 0 Å². The van der Waals surface area contributed by atoms with E-state index in [1.165, 1.54) is 12.1 Å². The highest BCUT2D eigenvalue weighted by molar-refractivity contribution is 5.92. The Bertz CT molecular complexity index is 629. The first-order valence-corrected chi connectivity index (χ1v) is 8.93. The van der Waals surface area contributed by atoms with Crippen molar-refractivity contribution < 1.29 is 9.90 Å². The summed E-state index contributed by atoms with van der Waals surface area (Å²) >= 11 is 0. The number of hydrogen-bond acceptors (Lipinski definition) is 6. The molecule has 0 saturated carbocycles. The third-order valence-electron chi connectivity index (χ3n) is 5.30. The largest absolute Gasteiger partial charge is 0.396 e. The van der Waals surface area contributed by atoms with Gasteiger partial charge in [-0.25, -0.2) is 5.10 Å². The molecular formula is C17H27N5O3. The molecule has 1 aromatic rings. The van der Waals surface area contributed by atoms with Crippen LogP contribution in [0.4, 0.5) is 0 Å². The Hall–Kier alpha value is -1.77. The molecule has 0 unspecified atom stereocenters. The fourth-order valence-corrected chi connectivity index (χ4v) is 3.76. The number of carbonyl (C=O) groups is 1. The Labute approximate surface area is 147 Å². The fraction of sp³-hybridized carbons (Fsp3) is 0.706. The third-order valence-corrected chi connectivity index (χ3v) is 5.30. The van der Waals surface area contributed by atoms with Crippen LogP contribution in [-0.4, -0.2) is 95.4 Å². The van der Waals surface area contributed by atoms with Gasteiger partial charge in [-0.3, -0.25) is 9.59 Å². The van der Waals surface area contributed by atoms with Gasteiger partial charge in [-0.2, -0.15) is 5.10 Å². The van der Waals surface area contributed by atoms with Gasteiger partial charge in [0.2, 0.25) is 0 Å². The van der Waals surface area contributed by atoms with E-state index in [2.05, 4.69) is 27.0 Å². The Morgan fingerprint density at radius 2 is 2.04 bits per heavy atom. The second-order valence-electron chi connectivity index (χ2n) is 7.18. The van der Waals surface area contributed by atoms with Crippen LogP contribution in [0.2, 0.25) is 0 Å². The monoisotopic (exact) mass is 349 g/mol. The lowest BCUT2D eigenvalue weighted by molar-refractivity contribution is 0.0772. The summed E-state index contributed by atoms with van der Waals surface area (Å²) in [5.41, 5.74) is -0.0800. The summed E-state index contributed by atoms with van der Waals surface area (Å²) in [6, 6.07) is 2.76. The highest BCUT2D eigenvalue weighted by Crippen LogP contribution is 2.25. The van der Waals surface area contributed by atoms with E-state index in [0.717, 1.165) is 39.1 Å². The van der Waals surface area contributed by atoms with Crippen LogP contribution in [-0.2, 0) is 0 Å². The molecule has 25 heavy (non-hydrogen) atoms. The van der Waals surface area contributed by atoms with Crippen LogP contribution in [0.1, 0.15) is 16.9 Å². The van der Waals surface area contributed by atoms with Gasteiger partial charge in [-0.1, -0.05) is 0 Å². The topological polar surface area (TPSA) is 92.8 Å². The highest BCUT2D eigenvalue weighted by atomic mass is 16.3. The van der Waals surface area contributed by atoms with Crippen molar-refractivity contribution in [2.24, 2.45) is 11.8 Å². The summed E-state index contributed by atoms with van der Waals surface area (Å²) in [4.78, 5) is 30.2. The number of likely N-dealkylation sites (tertiary alicyclic amines) is 1. The minimum Gasteiger partial charge on any atom is -0.396 e. The molecule has 138 valence electrons. The quantitative estimate of drug-likeness (QED) is 0.731. The Balaban J connectivity index is 1.62. The van der Waals surface area contributed by atoms with Crippen molar-refractivity contribution >= 4 is 5.91 Å². The third kappa shape index (κ3) is 4.45. The summed E-state index contributed by atoms with van der Waals surface area (Å²) in [6.45, 7) is 6.41. The molecule has 3 rings (SSSR count). The number of H-pyrrole nitrogens is 1. The molecule has 0 aliphatic carbocycles. The average Bonchev–Trinajstić information content (AvgIpc) is 2.91. The summed E-state index contributed by atoms with van der Waals surface area (Å²) in [7, 11) is 2.15. The van der Waals surface area contributed by atoms with E-state index in [1.54, 1.807) is 4.90 Å². The predicted octanol–water partition coefficient (Wildman–Crippen LogP) is -0.912. The molecular weight excluding hydrogens is 322 g/mol. The van der Waals surface area contributed by atoms with E-state index in [4.69, 9.17) is 0 Å². The van der Waals surface area contributed by atoms with Gasteiger partial charge in [0.1, 0.15) is 5.69 Å². The molecule has 2 N–H and O–H groups in total. The lowest BCUT2D eigenvalue weighted by Crippen LogP contribution is -2.36. The first kappa shape index (κ1) is 18.0. The molecule has 1 amide bonds. The number of nitrogens with zero attached hydrogens (tertiary/aromatic N) is 4. The van der Waals surface area contributed by atoms with Crippen molar-refractivity contribution in [3.05, 3.63) is 28.2 Å². The maximum absolute atomic E-state index is 12.6. The summed E-state index contributed by atoms with van der Waals surface area (Å²) in [5, 5.41) is 15.9. The molecule has 2 aliphatic rings. The van der Waals surface area contributed by atoms with E-state index in [1.807, 2.05) is 0 Å². The number of amides is 1. The minimum atomic E-state index is -0.324. The number of hydrogen-bond donors (Lipinski definition) is 2. The molecule has 0 spiro atoms. The fourth-order valence-electron chi connectivity index (χ4n) is 3.76. The summed E-state index contributed by atoms with van der Waals surface area (Å²) < 4.78 is 0. The maximum atomic E-state index is 12.6. The molecule has 2 aliphatic heterocycles. The average molecular weight is 349 g/mol. The smallest absolute Gasteiger partial charge is 0.274 e. The molecule has 1 aromatic heterocycles. The number of aromatic nitrogens is 2. The summed E-state index contributed by atoms with van der Waals surface area (Å²) in [6.07, 6.45) is 1.15. The molecule has 0 aromatic carbocycles.